The summed E-state index contributed by atoms with van der Waals surface area (Å²) >= 11 is 6.67. The Hall–Kier alpha value is -1.71. The molecule has 0 N–H and O–H groups in total. The van der Waals surface area contributed by atoms with Crippen molar-refractivity contribution in [1.82, 2.24) is 0 Å². The topological polar surface area (TPSA) is 25.0 Å². The van der Waals surface area contributed by atoms with Crippen molar-refractivity contribution in [3.8, 4) is 5.75 Å². The SMILES string of the molecule is C=C(CC[C@]1(C)O[C@H]1C)N(C)c1cc(C/C(C)=C/C=C/CC(C)CC)cc(OC)c1Cl. The van der Waals surface area contributed by atoms with E-state index in [0.29, 0.717) is 16.9 Å². The molecule has 1 fully saturated rings. The molecule has 3 atom stereocenters. The largest absolute Gasteiger partial charge is 0.495 e. The van der Waals surface area contributed by atoms with E-state index < -0.39 is 0 Å². The van der Waals surface area contributed by atoms with Crippen LogP contribution in [-0.4, -0.2) is 25.9 Å². The third-order valence-electron chi connectivity index (χ3n) is 6.53. The molecule has 1 aliphatic heterocycles. The first-order valence-corrected chi connectivity index (χ1v) is 11.8. The lowest BCUT2D eigenvalue weighted by atomic mass is 10.0. The first kappa shape index (κ1) is 25.5. The standard InChI is InChI=1S/C27H40ClNO2/c1-9-19(2)12-10-11-13-20(3)16-23-17-24(26(28)25(18-23)30-8)29(7)21(4)14-15-27(6)22(5)31-27/h10-11,13,17-19,22H,4,9,12,14-16H2,1-3,5-8H3/b11-10+,20-13+/t19?,22-,27-/m0/s1. The summed E-state index contributed by atoms with van der Waals surface area (Å²) in [6.07, 6.45) is 11.9. The van der Waals surface area contributed by atoms with Gasteiger partial charge in [-0.25, -0.2) is 0 Å². The van der Waals surface area contributed by atoms with E-state index in [4.69, 9.17) is 21.1 Å². The predicted octanol–water partition coefficient (Wildman–Crippen LogP) is 7.74. The van der Waals surface area contributed by atoms with E-state index in [0.717, 1.165) is 43.0 Å². The number of benzene rings is 1. The number of methoxy groups -OCH3 is 1. The van der Waals surface area contributed by atoms with Crippen molar-refractivity contribution in [2.24, 2.45) is 5.92 Å². The number of rotatable bonds is 12. The summed E-state index contributed by atoms with van der Waals surface area (Å²) < 4.78 is 11.3. The first-order chi connectivity index (χ1) is 14.6. The fourth-order valence-corrected chi connectivity index (χ4v) is 3.90. The van der Waals surface area contributed by atoms with E-state index in [1.165, 1.54) is 17.6 Å². The number of hydrogen-bond donors (Lipinski definition) is 0. The van der Waals surface area contributed by atoms with Crippen molar-refractivity contribution in [2.45, 2.75) is 78.4 Å². The van der Waals surface area contributed by atoms with Crippen molar-refractivity contribution in [2.75, 3.05) is 19.1 Å². The Morgan fingerprint density at radius 3 is 2.68 bits per heavy atom. The van der Waals surface area contributed by atoms with Crippen LogP contribution in [0, 0.1) is 5.92 Å². The number of epoxide rings is 1. The molecular formula is C27H40ClNO2. The number of hydrogen-bond acceptors (Lipinski definition) is 3. The Balaban J connectivity index is 2.11. The summed E-state index contributed by atoms with van der Waals surface area (Å²) in [5, 5.41) is 0.618. The number of anilines is 1. The van der Waals surface area contributed by atoms with Gasteiger partial charge in [-0.1, -0.05) is 62.2 Å². The molecule has 172 valence electrons. The molecule has 3 nitrogen and oxygen atoms in total. The summed E-state index contributed by atoms with van der Waals surface area (Å²) in [6.45, 7) is 15.3. The van der Waals surface area contributed by atoms with Crippen LogP contribution < -0.4 is 9.64 Å². The number of ether oxygens (including phenoxy) is 2. The van der Waals surface area contributed by atoms with Gasteiger partial charge in [0.25, 0.3) is 0 Å². The predicted molar refractivity (Wildman–Crippen MR) is 134 cm³/mol. The Morgan fingerprint density at radius 2 is 2.10 bits per heavy atom. The smallest absolute Gasteiger partial charge is 0.139 e. The van der Waals surface area contributed by atoms with Crippen LogP contribution in [0.2, 0.25) is 5.02 Å². The zero-order chi connectivity index (χ0) is 23.2. The Bertz CT molecular complexity index is 829. The molecule has 2 rings (SSSR count). The van der Waals surface area contributed by atoms with Gasteiger partial charge in [-0.2, -0.15) is 0 Å². The molecule has 1 aromatic carbocycles. The zero-order valence-electron chi connectivity index (χ0n) is 20.4. The molecular weight excluding hydrogens is 406 g/mol. The van der Waals surface area contributed by atoms with Crippen LogP contribution in [-0.2, 0) is 11.2 Å². The molecule has 0 amide bonds. The third kappa shape index (κ3) is 7.15. The molecule has 1 heterocycles. The molecule has 0 saturated carbocycles. The molecule has 0 radical (unpaired) electrons. The van der Waals surface area contributed by atoms with Gasteiger partial charge in [-0.3, -0.25) is 0 Å². The quantitative estimate of drug-likeness (QED) is 0.243. The van der Waals surface area contributed by atoms with Crippen molar-refractivity contribution in [3.05, 3.63) is 58.8 Å². The van der Waals surface area contributed by atoms with E-state index >= 15 is 0 Å². The molecule has 0 aliphatic carbocycles. The minimum absolute atomic E-state index is 0.0164. The van der Waals surface area contributed by atoms with Crippen LogP contribution >= 0.6 is 11.6 Å². The van der Waals surface area contributed by atoms with E-state index in [1.54, 1.807) is 7.11 Å². The van der Waals surface area contributed by atoms with Gasteiger partial charge in [-0.15, -0.1) is 0 Å². The number of nitrogens with zero attached hydrogens (tertiary/aromatic N) is 1. The molecule has 0 bridgehead atoms. The van der Waals surface area contributed by atoms with Gasteiger partial charge in [0.05, 0.1) is 24.5 Å². The Morgan fingerprint density at radius 1 is 1.42 bits per heavy atom. The lowest BCUT2D eigenvalue weighted by Crippen LogP contribution is -2.19. The fourth-order valence-electron chi connectivity index (χ4n) is 3.59. The highest BCUT2D eigenvalue weighted by atomic mass is 35.5. The molecule has 1 aromatic rings. The van der Waals surface area contributed by atoms with Crippen LogP contribution in [0.4, 0.5) is 5.69 Å². The van der Waals surface area contributed by atoms with Crippen molar-refractivity contribution in [3.63, 3.8) is 0 Å². The zero-order valence-corrected chi connectivity index (χ0v) is 21.2. The minimum Gasteiger partial charge on any atom is -0.495 e. The summed E-state index contributed by atoms with van der Waals surface area (Å²) in [6, 6.07) is 4.18. The molecule has 1 unspecified atom stereocenters. The lowest BCUT2D eigenvalue weighted by molar-refractivity contribution is 0.299. The van der Waals surface area contributed by atoms with Gasteiger partial charge in [-0.05, 0) is 70.1 Å². The molecule has 1 aliphatic rings. The Labute approximate surface area is 194 Å². The lowest BCUT2D eigenvalue weighted by Gasteiger charge is -2.25. The maximum Gasteiger partial charge on any atom is 0.139 e. The summed E-state index contributed by atoms with van der Waals surface area (Å²) in [7, 11) is 3.68. The Kier molecular flexibility index (Phi) is 9.27. The molecule has 0 aromatic heterocycles. The van der Waals surface area contributed by atoms with Gasteiger partial charge >= 0.3 is 0 Å². The number of halogens is 1. The van der Waals surface area contributed by atoms with Gasteiger partial charge < -0.3 is 14.4 Å². The van der Waals surface area contributed by atoms with E-state index in [9.17, 15) is 0 Å². The molecule has 31 heavy (non-hydrogen) atoms. The van der Waals surface area contributed by atoms with E-state index in [2.05, 4.69) is 70.4 Å². The third-order valence-corrected chi connectivity index (χ3v) is 6.91. The van der Waals surface area contributed by atoms with Crippen LogP contribution in [0.15, 0.2) is 48.2 Å². The first-order valence-electron chi connectivity index (χ1n) is 11.4. The van der Waals surface area contributed by atoms with Crippen LogP contribution in [0.25, 0.3) is 0 Å². The van der Waals surface area contributed by atoms with Crippen molar-refractivity contribution >= 4 is 17.3 Å². The van der Waals surface area contributed by atoms with Crippen molar-refractivity contribution in [1.29, 1.82) is 0 Å². The molecule has 0 spiro atoms. The fraction of sp³-hybridized carbons (Fsp3) is 0.556. The molecule has 4 heteroatoms. The second kappa shape index (κ2) is 11.2. The summed E-state index contributed by atoms with van der Waals surface area (Å²) in [4.78, 5) is 2.08. The highest BCUT2D eigenvalue weighted by Gasteiger charge is 2.48. The van der Waals surface area contributed by atoms with E-state index in [-0.39, 0.29) is 5.60 Å². The van der Waals surface area contributed by atoms with Crippen LogP contribution in [0.5, 0.6) is 5.75 Å². The highest BCUT2D eigenvalue weighted by Crippen LogP contribution is 2.42. The maximum absolute atomic E-state index is 6.67. The monoisotopic (exact) mass is 445 g/mol. The normalized spacial score (nSPS) is 21.9. The summed E-state index contributed by atoms with van der Waals surface area (Å²) in [5.74, 6) is 1.42. The van der Waals surface area contributed by atoms with Gasteiger partial charge in [0.15, 0.2) is 0 Å². The minimum atomic E-state index is -0.0164. The highest BCUT2D eigenvalue weighted by molar-refractivity contribution is 6.34. The van der Waals surface area contributed by atoms with Gasteiger partial charge in [0, 0.05) is 12.7 Å². The summed E-state index contributed by atoms with van der Waals surface area (Å²) in [5.41, 5.74) is 4.40. The van der Waals surface area contributed by atoms with Gasteiger partial charge in [0.1, 0.15) is 10.8 Å². The average Bonchev–Trinajstić information content (AvgIpc) is 3.35. The van der Waals surface area contributed by atoms with Crippen LogP contribution in [0.3, 0.4) is 0 Å². The second-order valence-corrected chi connectivity index (χ2v) is 9.57. The maximum atomic E-state index is 6.67. The van der Waals surface area contributed by atoms with Crippen molar-refractivity contribution < 1.29 is 9.47 Å². The van der Waals surface area contributed by atoms with Crippen LogP contribution in [0.1, 0.15) is 65.9 Å². The number of allylic oxidation sites excluding steroid dienone is 5. The van der Waals surface area contributed by atoms with E-state index in [1.807, 2.05) is 13.1 Å². The second-order valence-electron chi connectivity index (χ2n) is 9.20. The average molecular weight is 446 g/mol. The van der Waals surface area contributed by atoms with Gasteiger partial charge in [0.2, 0.25) is 0 Å². The molecule has 1 saturated heterocycles.